The minimum atomic E-state index is -0.0201. The number of carbonyl (C=O) groups excluding carboxylic acids is 1. The number of carbonyl (C=O) groups is 1. The molecule has 0 bridgehead atoms. The maximum Gasteiger partial charge on any atom is 0.272 e. The van der Waals surface area contributed by atoms with E-state index in [4.69, 9.17) is 16.3 Å². The van der Waals surface area contributed by atoms with Crippen LogP contribution in [0.2, 0.25) is 5.02 Å². The van der Waals surface area contributed by atoms with Crippen LogP contribution in [0.3, 0.4) is 0 Å². The molecule has 0 saturated carbocycles. The summed E-state index contributed by atoms with van der Waals surface area (Å²) in [6.07, 6.45) is 1.89. The molecule has 0 spiro atoms. The van der Waals surface area contributed by atoms with Crippen LogP contribution in [0.25, 0.3) is 16.2 Å². The summed E-state index contributed by atoms with van der Waals surface area (Å²) in [5, 5.41) is 2.52. The second-order valence-corrected chi connectivity index (χ2v) is 7.27. The molecule has 0 unspecified atom stereocenters. The van der Waals surface area contributed by atoms with E-state index in [0.29, 0.717) is 23.9 Å². The average Bonchev–Trinajstić information content (AvgIpc) is 3.15. The number of amides is 1. The quantitative estimate of drug-likeness (QED) is 0.646. The lowest BCUT2D eigenvalue weighted by molar-refractivity contribution is 0.0628. The molecule has 1 amide bonds. The number of aromatic nitrogens is 2. The summed E-state index contributed by atoms with van der Waals surface area (Å²) < 4.78 is 6.98. The van der Waals surface area contributed by atoms with Crippen molar-refractivity contribution in [2.24, 2.45) is 0 Å². The molecular formula is C18H20ClN3O2S. The summed E-state index contributed by atoms with van der Waals surface area (Å²) in [7, 11) is 1.64. The van der Waals surface area contributed by atoms with Gasteiger partial charge in [-0.25, -0.2) is 4.98 Å². The van der Waals surface area contributed by atoms with Crippen LogP contribution < -0.4 is 0 Å². The fourth-order valence-electron chi connectivity index (χ4n) is 2.66. The van der Waals surface area contributed by atoms with E-state index in [1.807, 2.05) is 59.0 Å². The second-order valence-electron chi connectivity index (χ2n) is 6.00. The van der Waals surface area contributed by atoms with Crippen LogP contribution in [0.5, 0.6) is 0 Å². The average molecular weight is 378 g/mol. The molecule has 132 valence electrons. The predicted octanol–water partition coefficient (Wildman–Crippen LogP) is 4.21. The van der Waals surface area contributed by atoms with Crippen molar-refractivity contribution in [2.75, 3.05) is 20.3 Å². The monoisotopic (exact) mass is 377 g/mol. The second kappa shape index (κ2) is 7.56. The summed E-state index contributed by atoms with van der Waals surface area (Å²) in [4.78, 5) is 20.2. The molecule has 2 heterocycles. The molecule has 3 aromatic rings. The Bertz CT molecular complexity index is 887. The van der Waals surface area contributed by atoms with Crippen molar-refractivity contribution in [1.82, 2.24) is 14.3 Å². The number of thiazole rings is 1. The molecule has 0 N–H and O–H groups in total. The fourth-order valence-corrected chi connectivity index (χ4v) is 3.69. The van der Waals surface area contributed by atoms with E-state index < -0.39 is 0 Å². The summed E-state index contributed by atoms with van der Waals surface area (Å²) in [5.41, 5.74) is 2.35. The van der Waals surface area contributed by atoms with Crippen molar-refractivity contribution >= 4 is 33.8 Å². The van der Waals surface area contributed by atoms with Crippen molar-refractivity contribution in [3.8, 4) is 11.3 Å². The Labute approximate surface area is 155 Å². The smallest absolute Gasteiger partial charge is 0.272 e. The first-order valence-electron chi connectivity index (χ1n) is 8.03. The first-order valence-corrected chi connectivity index (χ1v) is 9.29. The zero-order chi connectivity index (χ0) is 18.0. The standard InChI is InChI=1S/C18H20ClN3O2S/c1-12(2)21(7-8-24-3)17(23)16-11-25-18-20-15(10-22(16)18)13-5-4-6-14(19)9-13/h4-6,9-12H,7-8H2,1-3H3. The molecule has 0 aliphatic carbocycles. The van der Waals surface area contributed by atoms with Gasteiger partial charge < -0.3 is 9.64 Å². The van der Waals surface area contributed by atoms with Crippen molar-refractivity contribution in [3.05, 3.63) is 46.6 Å². The third kappa shape index (κ3) is 3.71. The van der Waals surface area contributed by atoms with E-state index in [9.17, 15) is 4.79 Å². The van der Waals surface area contributed by atoms with E-state index in [-0.39, 0.29) is 11.9 Å². The molecule has 1 aromatic carbocycles. The number of hydrogen-bond acceptors (Lipinski definition) is 4. The van der Waals surface area contributed by atoms with E-state index in [2.05, 4.69) is 4.98 Å². The topological polar surface area (TPSA) is 46.8 Å². The molecule has 0 radical (unpaired) electrons. The number of nitrogens with zero attached hydrogens (tertiary/aromatic N) is 3. The summed E-state index contributed by atoms with van der Waals surface area (Å²) in [5.74, 6) is -0.0201. The molecule has 0 fully saturated rings. The number of rotatable bonds is 6. The number of hydrogen-bond donors (Lipinski definition) is 0. The number of ether oxygens (including phenoxy) is 1. The number of halogens is 1. The van der Waals surface area contributed by atoms with Crippen molar-refractivity contribution in [1.29, 1.82) is 0 Å². The lowest BCUT2D eigenvalue weighted by Gasteiger charge is -2.26. The van der Waals surface area contributed by atoms with Gasteiger partial charge in [-0.3, -0.25) is 9.20 Å². The molecule has 0 saturated heterocycles. The number of benzene rings is 1. The van der Waals surface area contributed by atoms with E-state index >= 15 is 0 Å². The van der Waals surface area contributed by atoms with Crippen molar-refractivity contribution in [3.63, 3.8) is 0 Å². The highest BCUT2D eigenvalue weighted by molar-refractivity contribution is 7.15. The minimum absolute atomic E-state index is 0.0201. The van der Waals surface area contributed by atoms with Gasteiger partial charge >= 0.3 is 0 Å². The largest absolute Gasteiger partial charge is 0.383 e. The number of imidazole rings is 1. The zero-order valence-corrected chi connectivity index (χ0v) is 16.0. The predicted molar refractivity (Wildman–Crippen MR) is 102 cm³/mol. The summed E-state index contributed by atoms with van der Waals surface area (Å²) >= 11 is 7.52. The van der Waals surface area contributed by atoms with Gasteiger partial charge in [-0.1, -0.05) is 23.7 Å². The SMILES string of the molecule is COCCN(C(=O)c1csc2nc(-c3cccc(Cl)c3)cn12)C(C)C. The normalized spacial score (nSPS) is 11.4. The first-order chi connectivity index (χ1) is 12.0. The van der Waals surface area contributed by atoms with Gasteiger partial charge in [0, 0.05) is 41.9 Å². The minimum Gasteiger partial charge on any atom is -0.383 e. The van der Waals surface area contributed by atoms with E-state index in [1.165, 1.54) is 11.3 Å². The molecule has 7 heteroatoms. The van der Waals surface area contributed by atoms with Crippen LogP contribution in [0, 0.1) is 0 Å². The molecule has 0 atom stereocenters. The number of methoxy groups -OCH3 is 1. The van der Waals surface area contributed by atoms with Gasteiger partial charge in [0.15, 0.2) is 4.96 Å². The van der Waals surface area contributed by atoms with Gasteiger partial charge in [0.2, 0.25) is 0 Å². The van der Waals surface area contributed by atoms with Gasteiger partial charge in [-0.05, 0) is 26.0 Å². The van der Waals surface area contributed by atoms with Gasteiger partial charge in [-0.15, -0.1) is 11.3 Å². The lowest BCUT2D eigenvalue weighted by Crippen LogP contribution is -2.39. The molecule has 5 nitrogen and oxygen atoms in total. The van der Waals surface area contributed by atoms with Crippen LogP contribution in [0.1, 0.15) is 24.3 Å². The van der Waals surface area contributed by atoms with E-state index in [1.54, 1.807) is 7.11 Å². The van der Waals surface area contributed by atoms with Crippen LogP contribution >= 0.6 is 22.9 Å². The first kappa shape index (κ1) is 17.9. The molecular weight excluding hydrogens is 358 g/mol. The Hall–Kier alpha value is -1.89. The summed E-state index contributed by atoms with van der Waals surface area (Å²) in [6, 6.07) is 7.64. The zero-order valence-electron chi connectivity index (χ0n) is 14.4. The Kier molecular flexibility index (Phi) is 5.42. The molecule has 3 rings (SSSR count). The van der Waals surface area contributed by atoms with Gasteiger partial charge in [0.05, 0.1) is 12.3 Å². The van der Waals surface area contributed by atoms with Gasteiger partial charge in [0.1, 0.15) is 5.69 Å². The van der Waals surface area contributed by atoms with Crippen LogP contribution in [-0.2, 0) is 4.74 Å². The Morgan fingerprint density at radius 1 is 1.44 bits per heavy atom. The highest BCUT2D eigenvalue weighted by Crippen LogP contribution is 2.26. The highest BCUT2D eigenvalue weighted by atomic mass is 35.5. The maximum absolute atomic E-state index is 13.0. The lowest BCUT2D eigenvalue weighted by atomic mass is 10.2. The molecule has 25 heavy (non-hydrogen) atoms. The van der Waals surface area contributed by atoms with Gasteiger partial charge in [0.25, 0.3) is 5.91 Å². The van der Waals surface area contributed by atoms with Crippen LogP contribution in [0.4, 0.5) is 0 Å². The Morgan fingerprint density at radius 3 is 2.92 bits per heavy atom. The fraction of sp³-hybridized carbons (Fsp3) is 0.333. The summed E-state index contributed by atoms with van der Waals surface area (Å²) in [6.45, 7) is 5.07. The van der Waals surface area contributed by atoms with Gasteiger partial charge in [-0.2, -0.15) is 0 Å². The Morgan fingerprint density at radius 2 is 2.24 bits per heavy atom. The Balaban J connectivity index is 1.96. The number of fused-ring (bicyclic) bond motifs is 1. The molecule has 2 aromatic heterocycles. The van der Waals surface area contributed by atoms with E-state index in [0.717, 1.165) is 16.2 Å². The van der Waals surface area contributed by atoms with Crippen molar-refractivity contribution in [2.45, 2.75) is 19.9 Å². The molecule has 0 aliphatic heterocycles. The van der Waals surface area contributed by atoms with Crippen LogP contribution in [0.15, 0.2) is 35.8 Å². The highest BCUT2D eigenvalue weighted by Gasteiger charge is 2.22. The van der Waals surface area contributed by atoms with Crippen molar-refractivity contribution < 1.29 is 9.53 Å². The molecule has 0 aliphatic rings. The third-order valence-corrected chi connectivity index (χ3v) is 5.04. The third-order valence-electron chi connectivity index (χ3n) is 3.97. The van der Waals surface area contributed by atoms with Crippen LogP contribution in [-0.4, -0.2) is 46.5 Å². The maximum atomic E-state index is 13.0.